The quantitative estimate of drug-likeness (QED) is 0.751. The van der Waals surface area contributed by atoms with Gasteiger partial charge in [0.2, 0.25) is 0 Å². The van der Waals surface area contributed by atoms with Gasteiger partial charge >= 0.3 is 0 Å². The number of rotatable bonds is 4. The third-order valence-corrected chi connectivity index (χ3v) is 2.79. The minimum atomic E-state index is -0.245. The molecule has 2 N–H and O–H groups in total. The lowest BCUT2D eigenvalue weighted by molar-refractivity contribution is 0.190. The highest BCUT2D eigenvalue weighted by Crippen LogP contribution is 2.33. The van der Waals surface area contributed by atoms with Crippen LogP contribution in [0.15, 0.2) is 24.3 Å². The summed E-state index contributed by atoms with van der Waals surface area (Å²) in [7, 11) is 0. The second kappa shape index (κ2) is 4.11. The van der Waals surface area contributed by atoms with Crippen LogP contribution >= 0.6 is 0 Å². The van der Waals surface area contributed by atoms with Crippen molar-refractivity contribution in [1.82, 2.24) is 5.32 Å². The van der Waals surface area contributed by atoms with E-state index in [0.29, 0.717) is 12.5 Å². The first kappa shape index (κ1) is 9.69. The Morgan fingerprint density at radius 1 is 1.50 bits per heavy atom. The molecule has 2 unspecified atom stereocenters. The number of hydrogen-bond donors (Lipinski definition) is 2. The van der Waals surface area contributed by atoms with Crippen LogP contribution in [0.4, 0.5) is 0 Å². The molecule has 76 valence electrons. The van der Waals surface area contributed by atoms with Crippen molar-refractivity contribution in [3.05, 3.63) is 35.4 Å². The van der Waals surface area contributed by atoms with E-state index in [1.54, 1.807) is 0 Å². The van der Waals surface area contributed by atoms with Gasteiger partial charge in [-0.3, -0.25) is 0 Å². The summed E-state index contributed by atoms with van der Waals surface area (Å²) < 4.78 is 0. The van der Waals surface area contributed by atoms with Crippen LogP contribution < -0.4 is 5.32 Å². The molecule has 2 heteroatoms. The topological polar surface area (TPSA) is 32.3 Å². The molecule has 0 aliphatic heterocycles. The summed E-state index contributed by atoms with van der Waals surface area (Å²) in [4.78, 5) is 0. The molecular formula is C12H17NO. The Hall–Kier alpha value is -0.860. The maximum Gasteiger partial charge on any atom is 0.0636 e. The standard InChI is InChI=1S/C12H17NO/c1-9(14)7-13-8-11-6-10-4-2-3-5-12(10)11/h2-5,9,11,13-14H,6-8H2,1H3. The van der Waals surface area contributed by atoms with Crippen molar-refractivity contribution in [2.75, 3.05) is 13.1 Å². The van der Waals surface area contributed by atoms with Gasteiger partial charge in [0.15, 0.2) is 0 Å². The minimum Gasteiger partial charge on any atom is -0.392 e. The SMILES string of the molecule is CC(O)CNCC1Cc2ccccc21. The van der Waals surface area contributed by atoms with Crippen LogP contribution in [0.5, 0.6) is 0 Å². The molecule has 0 fully saturated rings. The zero-order valence-electron chi connectivity index (χ0n) is 8.53. The number of nitrogens with one attached hydrogen (secondary N) is 1. The zero-order valence-corrected chi connectivity index (χ0v) is 8.53. The van der Waals surface area contributed by atoms with E-state index in [-0.39, 0.29) is 6.10 Å². The molecule has 0 aromatic heterocycles. The lowest BCUT2D eigenvalue weighted by atomic mass is 9.77. The molecule has 0 saturated carbocycles. The first-order valence-corrected chi connectivity index (χ1v) is 5.24. The Balaban J connectivity index is 1.81. The number of fused-ring (bicyclic) bond motifs is 1. The van der Waals surface area contributed by atoms with Crippen LogP contribution in [0.2, 0.25) is 0 Å². The lowest BCUT2D eigenvalue weighted by Gasteiger charge is -2.30. The van der Waals surface area contributed by atoms with Gasteiger partial charge < -0.3 is 10.4 Å². The molecule has 0 heterocycles. The number of hydrogen-bond acceptors (Lipinski definition) is 2. The van der Waals surface area contributed by atoms with Crippen molar-refractivity contribution >= 4 is 0 Å². The molecule has 0 amide bonds. The molecule has 1 aromatic carbocycles. The monoisotopic (exact) mass is 191 g/mol. The number of aliphatic hydroxyl groups excluding tert-OH is 1. The van der Waals surface area contributed by atoms with Gasteiger partial charge in [-0.15, -0.1) is 0 Å². The fourth-order valence-electron chi connectivity index (χ4n) is 2.01. The van der Waals surface area contributed by atoms with Gasteiger partial charge in [0, 0.05) is 19.0 Å². The van der Waals surface area contributed by atoms with Crippen molar-refractivity contribution in [2.24, 2.45) is 0 Å². The maximum absolute atomic E-state index is 9.09. The van der Waals surface area contributed by atoms with Crippen molar-refractivity contribution in [3.63, 3.8) is 0 Å². The molecule has 2 rings (SSSR count). The van der Waals surface area contributed by atoms with Gasteiger partial charge in [-0.1, -0.05) is 24.3 Å². The first-order chi connectivity index (χ1) is 6.77. The molecule has 0 spiro atoms. The largest absolute Gasteiger partial charge is 0.392 e. The molecule has 2 nitrogen and oxygen atoms in total. The Labute approximate surface area is 85.0 Å². The van der Waals surface area contributed by atoms with E-state index in [2.05, 4.69) is 29.6 Å². The van der Waals surface area contributed by atoms with Crippen molar-refractivity contribution in [2.45, 2.75) is 25.4 Å². The van der Waals surface area contributed by atoms with E-state index in [9.17, 15) is 0 Å². The summed E-state index contributed by atoms with van der Waals surface area (Å²) in [6.45, 7) is 3.49. The van der Waals surface area contributed by atoms with E-state index in [4.69, 9.17) is 5.11 Å². The van der Waals surface area contributed by atoms with Crippen molar-refractivity contribution < 1.29 is 5.11 Å². The summed E-state index contributed by atoms with van der Waals surface area (Å²) in [5, 5.41) is 12.4. The third-order valence-electron chi connectivity index (χ3n) is 2.79. The normalized spacial score (nSPS) is 21.1. The summed E-state index contributed by atoms with van der Waals surface area (Å²) in [6, 6.07) is 8.59. The molecular weight excluding hydrogens is 174 g/mol. The van der Waals surface area contributed by atoms with Crippen molar-refractivity contribution in [3.8, 4) is 0 Å². The molecule has 1 aliphatic carbocycles. The van der Waals surface area contributed by atoms with Gasteiger partial charge in [-0.25, -0.2) is 0 Å². The van der Waals surface area contributed by atoms with E-state index in [1.807, 2.05) is 6.92 Å². The molecule has 14 heavy (non-hydrogen) atoms. The second-order valence-corrected chi connectivity index (χ2v) is 4.11. The van der Waals surface area contributed by atoms with E-state index < -0.39 is 0 Å². The smallest absolute Gasteiger partial charge is 0.0636 e. The zero-order chi connectivity index (χ0) is 9.97. The highest BCUT2D eigenvalue weighted by atomic mass is 16.3. The molecule has 0 bridgehead atoms. The summed E-state index contributed by atoms with van der Waals surface area (Å²) in [5.74, 6) is 0.657. The predicted octanol–water partition coefficient (Wildman–Crippen LogP) is 1.30. The maximum atomic E-state index is 9.09. The number of aliphatic hydroxyl groups is 1. The van der Waals surface area contributed by atoms with Gasteiger partial charge in [0.1, 0.15) is 0 Å². The van der Waals surface area contributed by atoms with E-state index in [0.717, 1.165) is 6.54 Å². The van der Waals surface area contributed by atoms with Gasteiger partial charge in [0.25, 0.3) is 0 Å². The van der Waals surface area contributed by atoms with Crippen LogP contribution in [0.1, 0.15) is 24.0 Å². The Morgan fingerprint density at radius 3 is 3.00 bits per heavy atom. The Kier molecular flexibility index (Phi) is 2.85. The van der Waals surface area contributed by atoms with Crippen LogP contribution in [-0.4, -0.2) is 24.3 Å². The highest BCUT2D eigenvalue weighted by molar-refractivity contribution is 5.40. The molecule has 1 aliphatic rings. The second-order valence-electron chi connectivity index (χ2n) is 4.11. The molecule has 2 atom stereocenters. The van der Waals surface area contributed by atoms with Gasteiger partial charge in [0.05, 0.1) is 6.10 Å². The average Bonchev–Trinajstić information content (AvgIpc) is 2.12. The minimum absolute atomic E-state index is 0.245. The first-order valence-electron chi connectivity index (χ1n) is 5.24. The molecule has 0 saturated heterocycles. The Morgan fingerprint density at radius 2 is 2.29 bits per heavy atom. The van der Waals surface area contributed by atoms with Crippen LogP contribution in [0.25, 0.3) is 0 Å². The van der Waals surface area contributed by atoms with Crippen LogP contribution in [-0.2, 0) is 6.42 Å². The van der Waals surface area contributed by atoms with E-state index in [1.165, 1.54) is 17.5 Å². The highest BCUT2D eigenvalue weighted by Gasteiger charge is 2.24. The summed E-state index contributed by atoms with van der Waals surface area (Å²) >= 11 is 0. The van der Waals surface area contributed by atoms with Crippen LogP contribution in [0.3, 0.4) is 0 Å². The van der Waals surface area contributed by atoms with Crippen LogP contribution in [0, 0.1) is 0 Å². The number of benzene rings is 1. The predicted molar refractivity (Wildman–Crippen MR) is 57.4 cm³/mol. The van der Waals surface area contributed by atoms with Gasteiger partial charge in [-0.05, 0) is 24.5 Å². The fraction of sp³-hybridized carbons (Fsp3) is 0.500. The summed E-state index contributed by atoms with van der Waals surface area (Å²) in [5.41, 5.74) is 2.96. The Bertz CT molecular complexity index is 309. The summed E-state index contributed by atoms with van der Waals surface area (Å²) in [6.07, 6.45) is 0.938. The molecule has 0 radical (unpaired) electrons. The van der Waals surface area contributed by atoms with E-state index >= 15 is 0 Å². The average molecular weight is 191 g/mol. The molecule has 1 aromatic rings. The van der Waals surface area contributed by atoms with Gasteiger partial charge in [-0.2, -0.15) is 0 Å². The third kappa shape index (κ3) is 1.97. The fourth-order valence-corrected chi connectivity index (χ4v) is 2.01. The lowest BCUT2D eigenvalue weighted by Crippen LogP contribution is -2.32. The van der Waals surface area contributed by atoms with Crippen molar-refractivity contribution in [1.29, 1.82) is 0 Å².